The van der Waals surface area contributed by atoms with Crippen molar-refractivity contribution >= 4 is 23.3 Å². The molecule has 2 aromatic carbocycles. The monoisotopic (exact) mass is 358 g/mol. The van der Waals surface area contributed by atoms with Gasteiger partial charge in [0.25, 0.3) is 5.91 Å². The number of halogens is 1. The summed E-state index contributed by atoms with van der Waals surface area (Å²) in [6.07, 6.45) is 0. The molecule has 0 aliphatic carbocycles. The summed E-state index contributed by atoms with van der Waals surface area (Å²) in [5.74, 6) is -1.68. The van der Waals surface area contributed by atoms with Crippen LogP contribution in [-0.4, -0.2) is 31.6 Å². The second-order valence-corrected chi connectivity index (χ2v) is 6.07. The quantitative estimate of drug-likeness (QED) is 0.790. The van der Waals surface area contributed by atoms with E-state index in [4.69, 9.17) is 0 Å². The van der Waals surface area contributed by atoms with E-state index in [1.807, 2.05) is 12.1 Å². The molecule has 0 fully saturated rings. The summed E-state index contributed by atoms with van der Waals surface area (Å²) in [7, 11) is 1.24. The van der Waals surface area contributed by atoms with Gasteiger partial charge in [-0.15, -0.1) is 0 Å². The molecule has 0 bridgehead atoms. The zero-order valence-electron chi connectivity index (χ0n) is 15.4. The minimum atomic E-state index is -0.625. The van der Waals surface area contributed by atoms with Crippen LogP contribution in [-0.2, 0) is 4.74 Å². The molecule has 1 N–H and O–H groups in total. The maximum atomic E-state index is 13.9. The van der Waals surface area contributed by atoms with Crippen LogP contribution in [0.5, 0.6) is 0 Å². The van der Waals surface area contributed by atoms with Crippen molar-refractivity contribution < 1.29 is 18.7 Å². The van der Waals surface area contributed by atoms with Crippen LogP contribution in [0.2, 0.25) is 0 Å². The zero-order chi connectivity index (χ0) is 19.3. The molecule has 0 unspecified atom stereocenters. The third-order valence-electron chi connectivity index (χ3n) is 4.06. The van der Waals surface area contributed by atoms with Crippen molar-refractivity contribution in [3.8, 4) is 0 Å². The summed E-state index contributed by atoms with van der Waals surface area (Å²) in [5.41, 5.74) is 1.50. The number of hydrogen-bond acceptors (Lipinski definition) is 4. The topological polar surface area (TPSA) is 58.6 Å². The highest BCUT2D eigenvalue weighted by Crippen LogP contribution is 2.20. The van der Waals surface area contributed by atoms with Crippen molar-refractivity contribution in [2.45, 2.75) is 26.8 Å². The van der Waals surface area contributed by atoms with Gasteiger partial charge in [-0.2, -0.15) is 0 Å². The molecule has 26 heavy (non-hydrogen) atoms. The van der Waals surface area contributed by atoms with Crippen LogP contribution in [0, 0.1) is 5.82 Å². The first-order valence-electron chi connectivity index (χ1n) is 8.43. The van der Waals surface area contributed by atoms with Gasteiger partial charge in [0.15, 0.2) is 0 Å². The van der Waals surface area contributed by atoms with Gasteiger partial charge in [0.1, 0.15) is 5.82 Å². The molecule has 0 radical (unpaired) electrons. The number of carbonyl (C=O) groups is 2. The minimum absolute atomic E-state index is 0.0701. The van der Waals surface area contributed by atoms with Gasteiger partial charge in [-0.1, -0.05) is 0 Å². The summed E-state index contributed by atoms with van der Waals surface area (Å²) in [6.45, 7) is 7.12. The Bertz CT molecular complexity index is 788. The van der Waals surface area contributed by atoms with Gasteiger partial charge in [0.05, 0.1) is 18.4 Å². The van der Waals surface area contributed by atoms with Gasteiger partial charge in [-0.3, -0.25) is 4.79 Å². The smallest absolute Gasteiger partial charge is 0.337 e. The molecule has 0 aliphatic rings. The molecule has 0 spiro atoms. The lowest BCUT2D eigenvalue weighted by Gasteiger charge is -2.27. The molecule has 0 aliphatic heterocycles. The molecular weight excluding hydrogens is 335 g/mol. The predicted molar refractivity (Wildman–Crippen MR) is 100 cm³/mol. The number of benzene rings is 2. The Balaban J connectivity index is 2.19. The number of ether oxygens (including phenoxy) is 1. The number of carbonyl (C=O) groups excluding carboxylic acids is 2. The van der Waals surface area contributed by atoms with Gasteiger partial charge in [-0.25, -0.2) is 9.18 Å². The van der Waals surface area contributed by atoms with Crippen LogP contribution < -0.4 is 10.2 Å². The van der Waals surface area contributed by atoms with Crippen molar-refractivity contribution in [3.05, 3.63) is 59.4 Å². The molecule has 5 nitrogen and oxygen atoms in total. The number of nitrogens with zero attached hydrogens (tertiary/aromatic N) is 1. The lowest BCUT2D eigenvalue weighted by Crippen LogP contribution is -2.30. The van der Waals surface area contributed by atoms with Crippen molar-refractivity contribution in [1.82, 2.24) is 0 Å². The molecule has 138 valence electrons. The second kappa shape index (κ2) is 8.47. The third-order valence-corrected chi connectivity index (χ3v) is 4.06. The largest absolute Gasteiger partial charge is 0.465 e. The van der Waals surface area contributed by atoms with Crippen molar-refractivity contribution in [2.75, 3.05) is 23.9 Å². The number of esters is 1. The second-order valence-electron chi connectivity index (χ2n) is 6.07. The Hall–Kier alpha value is -2.89. The normalized spacial score (nSPS) is 10.5. The lowest BCUT2D eigenvalue weighted by molar-refractivity contribution is 0.0600. The first-order valence-corrected chi connectivity index (χ1v) is 8.43. The van der Waals surface area contributed by atoms with Crippen LogP contribution in [0.15, 0.2) is 42.5 Å². The summed E-state index contributed by atoms with van der Waals surface area (Å²) in [5, 5.41) is 2.50. The number of amides is 1. The Morgan fingerprint density at radius 1 is 1.12 bits per heavy atom. The van der Waals surface area contributed by atoms with Crippen molar-refractivity contribution in [3.63, 3.8) is 0 Å². The first-order chi connectivity index (χ1) is 12.4. The van der Waals surface area contributed by atoms with Crippen LogP contribution in [0.4, 0.5) is 15.8 Å². The highest BCUT2D eigenvalue weighted by Gasteiger charge is 2.14. The maximum absolute atomic E-state index is 13.9. The van der Waals surface area contributed by atoms with E-state index in [2.05, 4.69) is 35.7 Å². The molecule has 0 saturated carbocycles. The number of nitrogens with one attached hydrogen (secondary N) is 1. The van der Waals surface area contributed by atoms with E-state index in [0.717, 1.165) is 18.3 Å². The molecule has 0 atom stereocenters. The summed E-state index contributed by atoms with van der Waals surface area (Å²) < 4.78 is 18.6. The van der Waals surface area contributed by atoms with Gasteiger partial charge in [0, 0.05) is 23.8 Å². The van der Waals surface area contributed by atoms with E-state index in [1.54, 1.807) is 12.1 Å². The first kappa shape index (κ1) is 19.4. The van der Waals surface area contributed by atoms with E-state index in [0.29, 0.717) is 11.6 Å². The minimum Gasteiger partial charge on any atom is -0.465 e. The van der Waals surface area contributed by atoms with Crippen molar-refractivity contribution in [2.24, 2.45) is 0 Å². The molecule has 0 aromatic heterocycles. The lowest BCUT2D eigenvalue weighted by atomic mass is 10.1. The number of methoxy groups -OCH3 is 1. The zero-order valence-corrected chi connectivity index (χ0v) is 15.4. The average Bonchev–Trinajstić information content (AvgIpc) is 2.63. The van der Waals surface area contributed by atoms with E-state index in [9.17, 15) is 14.0 Å². The van der Waals surface area contributed by atoms with Crippen LogP contribution in [0.3, 0.4) is 0 Å². The van der Waals surface area contributed by atoms with Gasteiger partial charge < -0.3 is 15.0 Å². The summed E-state index contributed by atoms with van der Waals surface area (Å²) >= 11 is 0. The van der Waals surface area contributed by atoms with E-state index < -0.39 is 17.7 Å². The number of rotatable bonds is 6. The molecule has 0 heterocycles. The van der Waals surface area contributed by atoms with Crippen LogP contribution in [0.1, 0.15) is 41.5 Å². The Morgan fingerprint density at radius 3 is 2.27 bits per heavy atom. The van der Waals surface area contributed by atoms with Gasteiger partial charge in [-0.05, 0) is 63.2 Å². The molecule has 6 heteroatoms. The predicted octanol–water partition coefficient (Wildman–Crippen LogP) is 4.10. The molecule has 1 amide bonds. The average molecular weight is 358 g/mol. The van der Waals surface area contributed by atoms with Gasteiger partial charge in [0.2, 0.25) is 0 Å². The summed E-state index contributed by atoms with van der Waals surface area (Å²) in [6, 6.07) is 11.1. The summed E-state index contributed by atoms with van der Waals surface area (Å²) in [4.78, 5) is 26.1. The van der Waals surface area contributed by atoms with E-state index >= 15 is 0 Å². The highest BCUT2D eigenvalue weighted by atomic mass is 19.1. The van der Waals surface area contributed by atoms with Crippen LogP contribution >= 0.6 is 0 Å². The number of hydrogen-bond donors (Lipinski definition) is 1. The maximum Gasteiger partial charge on any atom is 0.337 e. The Labute approximate surface area is 152 Å². The fourth-order valence-corrected chi connectivity index (χ4v) is 2.71. The van der Waals surface area contributed by atoms with Gasteiger partial charge >= 0.3 is 5.97 Å². The molecular formula is C20H23FN2O3. The van der Waals surface area contributed by atoms with E-state index in [1.165, 1.54) is 19.2 Å². The fourth-order valence-electron chi connectivity index (χ4n) is 2.71. The standard InChI is InChI=1S/C20H23FN2O3/c1-5-23(13(2)3)16-9-6-14(7-10-16)19(24)22-18-12-15(20(25)26-4)8-11-17(18)21/h6-13H,5H2,1-4H3,(H,22,24). The Morgan fingerprint density at radius 2 is 1.73 bits per heavy atom. The number of anilines is 2. The fraction of sp³-hybridized carbons (Fsp3) is 0.300. The highest BCUT2D eigenvalue weighted by molar-refractivity contribution is 6.05. The third kappa shape index (κ3) is 4.39. The van der Waals surface area contributed by atoms with Crippen molar-refractivity contribution in [1.29, 1.82) is 0 Å². The molecule has 2 aromatic rings. The SMILES string of the molecule is CCN(c1ccc(C(=O)Nc2cc(C(=O)OC)ccc2F)cc1)C(C)C. The van der Waals surface area contributed by atoms with Crippen LogP contribution in [0.25, 0.3) is 0 Å². The Kier molecular flexibility index (Phi) is 6.33. The molecule has 2 rings (SSSR count). The molecule has 0 saturated heterocycles. The van der Waals surface area contributed by atoms with E-state index in [-0.39, 0.29) is 11.3 Å².